The molecule has 1 fully saturated rings. The Morgan fingerprint density at radius 2 is 1.94 bits per heavy atom. The zero-order valence-electron chi connectivity index (χ0n) is 20.7. The fourth-order valence-corrected chi connectivity index (χ4v) is 4.71. The van der Waals surface area contributed by atoms with Gasteiger partial charge in [-0.2, -0.15) is 0 Å². The summed E-state index contributed by atoms with van der Waals surface area (Å²) < 4.78 is 12.8. The number of carbonyl (C=O) groups is 1. The molecule has 3 rings (SSSR count). The highest BCUT2D eigenvalue weighted by molar-refractivity contribution is 6.76. The number of tetrazole rings is 1. The van der Waals surface area contributed by atoms with Crippen molar-refractivity contribution in [2.75, 3.05) is 37.8 Å². The van der Waals surface area contributed by atoms with E-state index >= 15 is 0 Å². The number of carboxylic acids is 1. The van der Waals surface area contributed by atoms with E-state index in [9.17, 15) is 9.90 Å². The van der Waals surface area contributed by atoms with Gasteiger partial charge in [0, 0.05) is 46.1 Å². The van der Waals surface area contributed by atoms with Crippen LogP contribution in [0.2, 0.25) is 25.7 Å². The minimum absolute atomic E-state index is 0.203. The molecule has 0 radical (unpaired) electrons. The van der Waals surface area contributed by atoms with Crippen LogP contribution in [-0.4, -0.2) is 82.2 Å². The van der Waals surface area contributed by atoms with E-state index < -0.39 is 25.9 Å². The molecule has 2 aromatic heterocycles. The van der Waals surface area contributed by atoms with Gasteiger partial charge in [0.1, 0.15) is 6.73 Å². The van der Waals surface area contributed by atoms with Crippen molar-refractivity contribution in [3.63, 3.8) is 0 Å². The molecule has 1 N–H and O–H groups in total. The molecule has 0 amide bonds. The number of anilines is 1. The first-order valence-corrected chi connectivity index (χ1v) is 15.7. The summed E-state index contributed by atoms with van der Waals surface area (Å²) in [6, 6.07) is 1.04. The van der Waals surface area contributed by atoms with E-state index in [0.717, 1.165) is 31.1 Å². The number of carboxylic acid groups (broad SMARTS) is 1. The van der Waals surface area contributed by atoms with Gasteiger partial charge >= 0.3 is 5.97 Å². The Balaban J connectivity index is 1.77. The Morgan fingerprint density at radius 3 is 2.56 bits per heavy atom. The number of hydrogen-bond donors (Lipinski definition) is 1. The summed E-state index contributed by atoms with van der Waals surface area (Å²) in [5, 5.41) is 22.2. The highest BCUT2D eigenvalue weighted by atomic mass is 28.3. The molecule has 0 spiro atoms. The first-order valence-electron chi connectivity index (χ1n) is 12.0. The van der Waals surface area contributed by atoms with Crippen molar-refractivity contribution in [3.05, 3.63) is 23.8 Å². The molecule has 1 saturated heterocycles. The summed E-state index contributed by atoms with van der Waals surface area (Å²) in [5.41, 5.74) is 0.846. The summed E-state index contributed by atoms with van der Waals surface area (Å²) in [6.45, 7) is 12.5. The molecule has 2 atom stereocenters. The third-order valence-corrected chi connectivity index (χ3v) is 7.65. The molecule has 2 aromatic rings. The van der Waals surface area contributed by atoms with E-state index in [2.05, 4.69) is 50.0 Å². The molecule has 0 aromatic carbocycles. The average Bonchev–Trinajstić information content (AvgIpc) is 3.27. The van der Waals surface area contributed by atoms with E-state index in [0.29, 0.717) is 44.4 Å². The lowest BCUT2D eigenvalue weighted by Crippen LogP contribution is -2.37. The Kier molecular flexibility index (Phi) is 9.48. The SMILES string of the molecule is CCC[C@H](C(=O)O)[C@H](Cc1cnc(N2CCOCC2)nc1)c1nnnn1COCC[Si](C)(C)C. The second-order valence-corrected chi connectivity index (χ2v) is 15.5. The van der Waals surface area contributed by atoms with Crippen LogP contribution in [0.15, 0.2) is 12.4 Å². The Hall–Kier alpha value is -2.44. The highest BCUT2D eigenvalue weighted by Gasteiger charge is 2.33. The third-order valence-electron chi connectivity index (χ3n) is 5.95. The minimum Gasteiger partial charge on any atom is -0.481 e. The van der Waals surface area contributed by atoms with E-state index in [1.54, 1.807) is 17.1 Å². The van der Waals surface area contributed by atoms with E-state index in [1.807, 2.05) is 6.92 Å². The van der Waals surface area contributed by atoms with Gasteiger partial charge in [0.25, 0.3) is 0 Å². The first-order chi connectivity index (χ1) is 16.3. The standard InChI is InChI=1S/C22H37N7O4Si/c1-5-6-18(21(30)31)19(20-25-26-27-29(20)16-33-11-12-34(2,3)4)13-17-14-23-22(24-15-17)28-7-9-32-10-8-28/h14-15,18-19H,5-13,16H2,1-4H3,(H,30,31)/t18-,19-/m0/s1. The van der Waals surface area contributed by atoms with Crippen LogP contribution < -0.4 is 4.90 Å². The van der Waals surface area contributed by atoms with Crippen LogP contribution in [0.1, 0.15) is 37.1 Å². The lowest BCUT2D eigenvalue weighted by atomic mass is 9.84. The fourth-order valence-electron chi connectivity index (χ4n) is 3.95. The predicted octanol–water partition coefficient (Wildman–Crippen LogP) is 2.44. The molecule has 188 valence electrons. The van der Waals surface area contributed by atoms with Crippen LogP contribution in [0.5, 0.6) is 0 Å². The number of rotatable bonds is 13. The normalized spacial score (nSPS) is 16.4. The number of nitrogens with zero attached hydrogens (tertiary/aromatic N) is 7. The molecule has 1 aliphatic heterocycles. The maximum Gasteiger partial charge on any atom is 0.307 e. The number of ether oxygens (including phenoxy) is 2. The van der Waals surface area contributed by atoms with Crippen molar-refractivity contribution in [2.24, 2.45) is 5.92 Å². The van der Waals surface area contributed by atoms with Crippen molar-refractivity contribution in [2.45, 2.75) is 64.5 Å². The van der Waals surface area contributed by atoms with Crippen molar-refractivity contribution < 1.29 is 19.4 Å². The van der Waals surface area contributed by atoms with E-state index in [1.165, 1.54) is 0 Å². The number of aliphatic carboxylic acids is 1. The molecule has 0 bridgehead atoms. The Bertz CT molecular complexity index is 897. The molecular weight excluding hydrogens is 454 g/mol. The van der Waals surface area contributed by atoms with Gasteiger partial charge < -0.3 is 19.5 Å². The largest absolute Gasteiger partial charge is 0.481 e. The maximum absolute atomic E-state index is 12.2. The Labute approximate surface area is 201 Å². The molecule has 0 saturated carbocycles. The summed E-state index contributed by atoms with van der Waals surface area (Å²) in [5.74, 6) is -0.730. The van der Waals surface area contributed by atoms with Gasteiger partial charge in [-0.1, -0.05) is 33.0 Å². The molecule has 0 unspecified atom stereocenters. The zero-order chi connectivity index (χ0) is 24.6. The van der Waals surface area contributed by atoms with Crippen LogP contribution in [0.25, 0.3) is 0 Å². The van der Waals surface area contributed by atoms with Gasteiger partial charge in [-0.25, -0.2) is 14.6 Å². The summed E-state index contributed by atoms with van der Waals surface area (Å²) in [6.07, 6.45) is 5.24. The van der Waals surface area contributed by atoms with Gasteiger partial charge in [0.2, 0.25) is 5.95 Å². The van der Waals surface area contributed by atoms with Gasteiger partial charge in [-0.05, 0) is 34.9 Å². The minimum atomic E-state index is -1.21. The fraction of sp³-hybridized carbons (Fsp3) is 0.727. The van der Waals surface area contributed by atoms with Crippen molar-refractivity contribution in [1.29, 1.82) is 0 Å². The lowest BCUT2D eigenvalue weighted by molar-refractivity contribution is -0.143. The molecule has 3 heterocycles. The van der Waals surface area contributed by atoms with Crippen LogP contribution >= 0.6 is 0 Å². The van der Waals surface area contributed by atoms with Gasteiger partial charge in [0.15, 0.2) is 5.82 Å². The average molecular weight is 492 g/mol. The maximum atomic E-state index is 12.2. The van der Waals surface area contributed by atoms with Crippen LogP contribution in [0, 0.1) is 5.92 Å². The van der Waals surface area contributed by atoms with Crippen LogP contribution in [-0.2, 0) is 27.4 Å². The van der Waals surface area contributed by atoms with Crippen LogP contribution in [0.3, 0.4) is 0 Å². The lowest BCUT2D eigenvalue weighted by Gasteiger charge is -2.27. The number of hydrogen-bond acceptors (Lipinski definition) is 9. The van der Waals surface area contributed by atoms with Crippen molar-refractivity contribution in [3.8, 4) is 0 Å². The number of aromatic nitrogens is 6. The third kappa shape index (κ3) is 7.54. The quantitative estimate of drug-likeness (QED) is 0.329. The topological polar surface area (TPSA) is 128 Å². The molecular formula is C22H37N7O4Si. The molecule has 12 heteroatoms. The monoisotopic (exact) mass is 491 g/mol. The van der Waals surface area contributed by atoms with Crippen molar-refractivity contribution in [1.82, 2.24) is 30.2 Å². The number of morpholine rings is 1. The van der Waals surface area contributed by atoms with E-state index in [-0.39, 0.29) is 6.73 Å². The van der Waals surface area contributed by atoms with Gasteiger partial charge in [-0.3, -0.25) is 4.79 Å². The zero-order valence-corrected chi connectivity index (χ0v) is 21.7. The first kappa shape index (κ1) is 26.2. The second-order valence-electron chi connectivity index (χ2n) is 9.92. The summed E-state index contributed by atoms with van der Waals surface area (Å²) in [7, 11) is -1.21. The molecule has 34 heavy (non-hydrogen) atoms. The predicted molar refractivity (Wildman–Crippen MR) is 129 cm³/mol. The second kappa shape index (κ2) is 12.3. The Morgan fingerprint density at radius 1 is 1.24 bits per heavy atom. The summed E-state index contributed by atoms with van der Waals surface area (Å²) >= 11 is 0. The van der Waals surface area contributed by atoms with Crippen molar-refractivity contribution >= 4 is 20.0 Å². The highest BCUT2D eigenvalue weighted by Crippen LogP contribution is 2.31. The van der Waals surface area contributed by atoms with E-state index in [4.69, 9.17) is 9.47 Å². The molecule has 0 aliphatic carbocycles. The summed E-state index contributed by atoms with van der Waals surface area (Å²) in [4.78, 5) is 23.3. The molecule has 1 aliphatic rings. The molecule has 11 nitrogen and oxygen atoms in total. The smallest absolute Gasteiger partial charge is 0.307 e. The van der Waals surface area contributed by atoms with Gasteiger partial charge in [-0.15, -0.1) is 5.10 Å². The van der Waals surface area contributed by atoms with Gasteiger partial charge in [0.05, 0.1) is 19.1 Å². The van der Waals surface area contributed by atoms with Crippen LogP contribution in [0.4, 0.5) is 5.95 Å².